The smallest absolute Gasteiger partial charge is 0.0540 e. The van der Waals surface area contributed by atoms with Crippen molar-refractivity contribution < 1.29 is 5.11 Å². The predicted octanol–water partition coefficient (Wildman–Crippen LogP) is 2.50. The van der Waals surface area contributed by atoms with Gasteiger partial charge in [0.1, 0.15) is 0 Å². The number of hydrogen-bond donors (Lipinski definition) is 1. The highest BCUT2D eigenvalue weighted by Crippen LogP contribution is 2.40. The van der Waals surface area contributed by atoms with Crippen molar-refractivity contribution in [1.29, 1.82) is 0 Å². The van der Waals surface area contributed by atoms with E-state index in [1.54, 1.807) is 0 Å². The minimum absolute atomic E-state index is 0.0533. The average Bonchev–Trinajstić information content (AvgIpc) is 1.95. The van der Waals surface area contributed by atoms with E-state index < -0.39 is 0 Å². The van der Waals surface area contributed by atoms with Crippen molar-refractivity contribution in [2.24, 2.45) is 5.41 Å². The number of allylic oxidation sites excluding steroid dienone is 1. The third-order valence-electron chi connectivity index (χ3n) is 3.09. The Morgan fingerprint density at radius 1 is 1.45 bits per heavy atom. The summed E-state index contributed by atoms with van der Waals surface area (Å²) >= 11 is 0. The lowest BCUT2D eigenvalue weighted by Gasteiger charge is -2.36. The molecule has 1 heteroatoms. The molecule has 0 aromatic heterocycles. The fraction of sp³-hybridized carbons (Fsp3) is 0.800. The molecule has 1 aliphatic rings. The van der Waals surface area contributed by atoms with E-state index >= 15 is 0 Å². The van der Waals surface area contributed by atoms with Gasteiger partial charge >= 0.3 is 0 Å². The van der Waals surface area contributed by atoms with Gasteiger partial charge in [0.25, 0.3) is 0 Å². The highest BCUT2D eigenvalue weighted by molar-refractivity contribution is 5.06. The van der Waals surface area contributed by atoms with Crippen LogP contribution < -0.4 is 0 Å². The van der Waals surface area contributed by atoms with E-state index in [9.17, 15) is 5.11 Å². The SMILES string of the molecule is C=C(C)C1(C)CCC(O)CC1. The Labute approximate surface area is 69.1 Å². The van der Waals surface area contributed by atoms with Gasteiger partial charge in [0.05, 0.1) is 6.10 Å². The quantitative estimate of drug-likeness (QED) is 0.575. The Hall–Kier alpha value is -0.300. The van der Waals surface area contributed by atoms with Crippen molar-refractivity contribution in [3.8, 4) is 0 Å². The summed E-state index contributed by atoms with van der Waals surface area (Å²) in [5.74, 6) is 0. The predicted molar refractivity (Wildman–Crippen MR) is 47.4 cm³/mol. The summed E-state index contributed by atoms with van der Waals surface area (Å²) in [5, 5.41) is 9.29. The second-order valence-electron chi connectivity index (χ2n) is 4.07. The van der Waals surface area contributed by atoms with Gasteiger partial charge in [0.15, 0.2) is 0 Å². The zero-order valence-electron chi connectivity index (χ0n) is 7.56. The lowest BCUT2D eigenvalue weighted by atomic mass is 9.71. The van der Waals surface area contributed by atoms with E-state index in [4.69, 9.17) is 0 Å². The van der Waals surface area contributed by atoms with Gasteiger partial charge in [-0.25, -0.2) is 0 Å². The molecule has 1 N–H and O–H groups in total. The summed E-state index contributed by atoms with van der Waals surface area (Å²) in [5.41, 5.74) is 1.57. The molecule has 64 valence electrons. The molecular formula is C10H18O. The minimum Gasteiger partial charge on any atom is -0.393 e. The van der Waals surface area contributed by atoms with E-state index in [1.165, 1.54) is 5.57 Å². The summed E-state index contributed by atoms with van der Waals surface area (Å²) < 4.78 is 0. The van der Waals surface area contributed by atoms with Crippen LogP contribution in [-0.2, 0) is 0 Å². The maximum Gasteiger partial charge on any atom is 0.0540 e. The molecule has 0 bridgehead atoms. The molecule has 1 nitrogen and oxygen atoms in total. The standard InChI is InChI=1S/C10H18O/c1-8(2)10(3)6-4-9(11)5-7-10/h9,11H,1,4-7H2,2-3H3. The molecule has 0 heterocycles. The molecular weight excluding hydrogens is 136 g/mol. The highest BCUT2D eigenvalue weighted by Gasteiger charge is 2.30. The minimum atomic E-state index is -0.0533. The van der Waals surface area contributed by atoms with E-state index in [0.717, 1.165) is 25.7 Å². The third-order valence-corrected chi connectivity index (χ3v) is 3.09. The summed E-state index contributed by atoms with van der Waals surface area (Å²) in [7, 11) is 0. The van der Waals surface area contributed by atoms with Crippen molar-refractivity contribution in [2.45, 2.75) is 45.6 Å². The highest BCUT2D eigenvalue weighted by atomic mass is 16.3. The van der Waals surface area contributed by atoms with Gasteiger partial charge in [-0.2, -0.15) is 0 Å². The molecule has 0 spiro atoms. The number of hydrogen-bond acceptors (Lipinski definition) is 1. The van der Waals surface area contributed by atoms with Gasteiger partial charge in [-0.3, -0.25) is 0 Å². The first-order valence-corrected chi connectivity index (χ1v) is 4.39. The summed E-state index contributed by atoms with van der Waals surface area (Å²) in [4.78, 5) is 0. The largest absolute Gasteiger partial charge is 0.393 e. The van der Waals surface area contributed by atoms with Crippen LogP contribution in [0.15, 0.2) is 12.2 Å². The first-order valence-electron chi connectivity index (χ1n) is 4.39. The van der Waals surface area contributed by atoms with Crippen LogP contribution in [0, 0.1) is 5.41 Å². The number of aliphatic hydroxyl groups excluding tert-OH is 1. The number of aliphatic hydroxyl groups is 1. The third kappa shape index (κ3) is 1.84. The number of rotatable bonds is 1. The summed E-state index contributed by atoms with van der Waals surface area (Å²) in [6.07, 6.45) is 4.04. The fourth-order valence-electron chi connectivity index (χ4n) is 1.67. The van der Waals surface area contributed by atoms with Crippen LogP contribution in [0.3, 0.4) is 0 Å². The maximum absolute atomic E-state index is 9.29. The Bertz CT molecular complexity index is 152. The average molecular weight is 154 g/mol. The normalized spacial score (nSPS) is 38.6. The van der Waals surface area contributed by atoms with Gasteiger partial charge in [0, 0.05) is 0 Å². The van der Waals surface area contributed by atoms with Crippen LogP contribution in [0.25, 0.3) is 0 Å². The first-order chi connectivity index (χ1) is 5.04. The molecule has 1 saturated carbocycles. The van der Waals surface area contributed by atoms with Crippen molar-refractivity contribution in [3.05, 3.63) is 12.2 Å². The molecule has 0 radical (unpaired) electrons. The van der Waals surface area contributed by atoms with Crippen LogP contribution in [0.1, 0.15) is 39.5 Å². The van der Waals surface area contributed by atoms with Gasteiger partial charge in [0.2, 0.25) is 0 Å². The van der Waals surface area contributed by atoms with Gasteiger partial charge in [-0.1, -0.05) is 19.1 Å². The zero-order valence-corrected chi connectivity index (χ0v) is 7.56. The molecule has 0 aromatic carbocycles. The van der Waals surface area contributed by atoms with E-state index in [2.05, 4.69) is 20.4 Å². The topological polar surface area (TPSA) is 20.2 Å². The molecule has 0 aromatic rings. The molecule has 0 atom stereocenters. The van der Waals surface area contributed by atoms with Crippen molar-refractivity contribution in [1.82, 2.24) is 0 Å². The lowest BCUT2D eigenvalue weighted by Crippen LogP contribution is -2.27. The van der Waals surface area contributed by atoms with Gasteiger partial charge < -0.3 is 5.11 Å². The Morgan fingerprint density at radius 3 is 2.27 bits per heavy atom. The molecule has 1 rings (SSSR count). The van der Waals surface area contributed by atoms with Crippen molar-refractivity contribution in [2.75, 3.05) is 0 Å². The molecule has 0 saturated heterocycles. The van der Waals surface area contributed by atoms with E-state index in [1.807, 2.05) is 0 Å². The van der Waals surface area contributed by atoms with Crippen LogP contribution >= 0.6 is 0 Å². The van der Waals surface area contributed by atoms with Gasteiger partial charge in [-0.05, 0) is 38.0 Å². The van der Waals surface area contributed by atoms with Crippen LogP contribution in [0.4, 0.5) is 0 Å². The second kappa shape index (κ2) is 2.98. The first kappa shape index (κ1) is 8.79. The Kier molecular flexibility index (Phi) is 2.38. The monoisotopic (exact) mass is 154 g/mol. The van der Waals surface area contributed by atoms with Crippen LogP contribution in [-0.4, -0.2) is 11.2 Å². The van der Waals surface area contributed by atoms with E-state index in [-0.39, 0.29) is 6.10 Å². The van der Waals surface area contributed by atoms with Gasteiger partial charge in [-0.15, -0.1) is 0 Å². The summed E-state index contributed by atoms with van der Waals surface area (Å²) in [6.45, 7) is 8.34. The van der Waals surface area contributed by atoms with Crippen molar-refractivity contribution in [3.63, 3.8) is 0 Å². The molecule has 11 heavy (non-hydrogen) atoms. The zero-order chi connectivity index (χ0) is 8.48. The molecule has 0 unspecified atom stereocenters. The lowest BCUT2D eigenvalue weighted by molar-refractivity contribution is 0.0870. The molecule has 1 fully saturated rings. The van der Waals surface area contributed by atoms with Crippen molar-refractivity contribution >= 4 is 0 Å². The second-order valence-corrected chi connectivity index (χ2v) is 4.07. The Balaban J connectivity index is 2.55. The molecule has 1 aliphatic carbocycles. The fourth-order valence-corrected chi connectivity index (χ4v) is 1.67. The van der Waals surface area contributed by atoms with Crippen LogP contribution in [0.2, 0.25) is 0 Å². The Morgan fingerprint density at radius 2 is 1.91 bits per heavy atom. The molecule has 0 amide bonds. The van der Waals surface area contributed by atoms with Crippen LogP contribution in [0.5, 0.6) is 0 Å². The molecule has 0 aliphatic heterocycles. The maximum atomic E-state index is 9.29. The van der Waals surface area contributed by atoms with E-state index in [0.29, 0.717) is 5.41 Å². The summed E-state index contributed by atoms with van der Waals surface area (Å²) in [6, 6.07) is 0.